The van der Waals surface area contributed by atoms with E-state index in [0.717, 1.165) is 18.8 Å². The van der Waals surface area contributed by atoms with Crippen molar-refractivity contribution in [2.75, 3.05) is 23.7 Å². The molecule has 1 fully saturated rings. The van der Waals surface area contributed by atoms with Gasteiger partial charge in [0, 0.05) is 25.3 Å². The fraction of sp³-hybridized carbons (Fsp3) is 0.462. The van der Waals surface area contributed by atoms with Gasteiger partial charge in [-0.25, -0.2) is 18.1 Å². The van der Waals surface area contributed by atoms with Crippen LogP contribution in [0.1, 0.15) is 13.3 Å². The summed E-state index contributed by atoms with van der Waals surface area (Å²) < 4.78 is 26.4. The Labute approximate surface area is 114 Å². The molecule has 6 heteroatoms. The van der Waals surface area contributed by atoms with Crippen molar-refractivity contribution in [3.63, 3.8) is 0 Å². The SMILES string of the molecule is C=C(C)CS(=O)(=O)N[C@@H]1CCN(c2ccccn2)C1. The van der Waals surface area contributed by atoms with Crippen LogP contribution in [0.25, 0.3) is 0 Å². The van der Waals surface area contributed by atoms with E-state index >= 15 is 0 Å². The summed E-state index contributed by atoms with van der Waals surface area (Å²) in [6.45, 7) is 6.83. The molecule has 0 amide bonds. The highest BCUT2D eigenvalue weighted by atomic mass is 32.2. The first kappa shape index (κ1) is 14.0. The predicted molar refractivity (Wildman–Crippen MR) is 76.6 cm³/mol. The summed E-state index contributed by atoms with van der Waals surface area (Å²) in [5, 5.41) is 0. The van der Waals surface area contributed by atoms with E-state index < -0.39 is 10.0 Å². The number of pyridine rings is 1. The largest absolute Gasteiger partial charge is 0.355 e. The van der Waals surface area contributed by atoms with E-state index in [1.54, 1.807) is 13.1 Å². The summed E-state index contributed by atoms with van der Waals surface area (Å²) in [6, 6.07) is 5.68. The van der Waals surface area contributed by atoms with Crippen LogP contribution in [0, 0.1) is 0 Å². The second-order valence-corrected chi connectivity index (χ2v) is 6.71. The maximum absolute atomic E-state index is 11.8. The zero-order chi connectivity index (χ0) is 13.9. The third kappa shape index (κ3) is 4.04. The van der Waals surface area contributed by atoms with Crippen LogP contribution >= 0.6 is 0 Å². The number of hydrogen-bond acceptors (Lipinski definition) is 4. The molecule has 0 saturated carbocycles. The molecule has 19 heavy (non-hydrogen) atoms. The molecule has 2 heterocycles. The number of nitrogens with zero attached hydrogens (tertiary/aromatic N) is 2. The van der Waals surface area contributed by atoms with Crippen LogP contribution in [-0.2, 0) is 10.0 Å². The van der Waals surface area contributed by atoms with E-state index in [1.807, 2.05) is 18.2 Å². The van der Waals surface area contributed by atoms with E-state index in [2.05, 4.69) is 21.2 Å². The molecule has 0 unspecified atom stereocenters. The zero-order valence-electron chi connectivity index (χ0n) is 11.0. The van der Waals surface area contributed by atoms with E-state index in [4.69, 9.17) is 0 Å². The highest BCUT2D eigenvalue weighted by molar-refractivity contribution is 7.89. The topological polar surface area (TPSA) is 62.3 Å². The van der Waals surface area contributed by atoms with Gasteiger partial charge >= 0.3 is 0 Å². The van der Waals surface area contributed by atoms with Gasteiger partial charge in [-0.1, -0.05) is 18.2 Å². The first-order valence-corrected chi connectivity index (χ1v) is 7.92. The molecule has 1 aliphatic heterocycles. The Morgan fingerprint density at radius 2 is 2.37 bits per heavy atom. The van der Waals surface area contributed by atoms with Crippen molar-refractivity contribution in [1.82, 2.24) is 9.71 Å². The molecule has 1 N–H and O–H groups in total. The monoisotopic (exact) mass is 281 g/mol. The van der Waals surface area contributed by atoms with Crippen molar-refractivity contribution in [3.05, 3.63) is 36.5 Å². The lowest BCUT2D eigenvalue weighted by atomic mass is 10.3. The molecule has 1 atom stereocenters. The number of nitrogens with one attached hydrogen (secondary N) is 1. The fourth-order valence-electron chi connectivity index (χ4n) is 2.23. The minimum absolute atomic E-state index is 0.00686. The van der Waals surface area contributed by atoms with Gasteiger partial charge in [-0.05, 0) is 25.5 Å². The molecule has 0 bridgehead atoms. The van der Waals surface area contributed by atoms with Crippen molar-refractivity contribution in [2.45, 2.75) is 19.4 Å². The number of anilines is 1. The molecule has 1 aromatic heterocycles. The fourth-order valence-corrected chi connectivity index (χ4v) is 3.66. The van der Waals surface area contributed by atoms with Gasteiger partial charge in [0.25, 0.3) is 0 Å². The molecule has 1 saturated heterocycles. The van der Waals surface area contributed by atoms with Gasteiger partial charge < -0.3 is 4.90 Å². The molecular formula is C13H19N3O2S. The van der Waals surface area contributed by atoms with E-state index in [0.29, 0.717) is 12.1 Å². The van der Waals surface area contributed by atoms with Gasteiger partial charge in [0.2, 0.25) is 10.0 Å². The Morgan fingerprint density at radius 1 is 1.58 bits per heavy atom. The van der Waals surface area contributed by atoms with Crippen LogP contribution in [0.3, 0.4) is 0 Å². The number of sulfonamides is 1. The van der Waals surface area contributed by atoms with E-state index in [-0.39, 0.29) is 11.8 Å². The van der Waals surface area contributed by atoms with Crippen LogP contribution in [0.5, 0.6) is 0 Å². The molecule has 0 aliphatic carbocycles. The molecule has 2 rings (SSSR count). The minimum atomic E-state index is -3.27. The van der Waals surface area contributed by atoms with Crippen LogP contribution in [-0.4, -0.2) is 38.3 Å². The first-order chi connectivity index (χ1) is 8.96. The average Bonchev–Trinajstić information content (AvgIpc) is 2.76. The molecular weight excluding hydrogens is 262 g/mol. The molecule has 1 aliphatic rings. The summed E-state index contributed by atoms with van der Waals surface area (Å²) in [6.07, 6.45) is 2.54. The van der Waals surface area contributed by atoms with Crippen LogP contribution in [0.15, 0.2) is 36.5 Å². The molecule has 0 radical (unpaired) electrons. The molecule has 1 aromatic rings. The smallest absolute Gasteiger partial charge is 0.215 e. The maximum atomic E-state index is 11.8. The van der Waals surface area contributed by atoms with E-state index in [1.165, 1.54) is 0 Å². The van der Waals surface area contributed by atoms with Crippen molar-refractivity contribution in [2.24, 2.45) is 0 Å². The second-order valence-electron chi connectivity index (χ2n) is 4.95. The van der Waals surface area contributed by atoms with Crippen LogP contribution < -0.4 is 9.62 Å². The van der Waals surface area contributed by atoms with Gasteiger partial charge in [0.15, 0.2) is 0 Å². The van der Waals surface area contributed by atoms with Gasteiger partial charge in [0.1, 0.15) is 5.82 Å². The van der Waals surface area contributed by atoms with Crippen LogP contribution in [0.2, 0.25) is 0 Å². The highest BCUT2D eigenvalue weighted by Crippen LogP contribution is 2.17. The standard InChI is InChI=1S/C13H19N3O2S/c1-11(2)10-19(17,18)15-12-6-8-16(9-12)13-5-3-4-7-14-13/h3-5,7,12,15H,1,6,8-10H2,2H3/t12-/m1/s1. The summed E-state index contributed by atoms with van der Waals surface area (Å²) in [4.78, 5) is 6.37. The number of rotatable bonds is 5. The predicted octanol–water partition coefficient (Wildman–Crippen LogP) is 1.16. The molecule has 0 spiro atoms. The lowest BCUT2D eigenvalue weighted by Gasteiger charge is -2.17. The van der Waals surface area contributed by atoms with Crippen molar-refractivity contribution in [3.8, 4) is 0 Å². The zero-order valence-corrected chi connectivity index (χ0v) is 11.9. The lowest BCUT2D eigenvalue weighted by Crippen LogP contribution is -2.38. The normalized spacial score (nSPS) is 19.6. The Balaban J connectivity index is 1.94. The quantitative estimate of drug-likeness (QED) is 0.823. The van der Waals surface area contributed by atoms with Gasteiger partial charge in [-0.3, -0.25) is 0 Å². The molecule has 104 valence electrons. The number of aromatic nitrogens is 1. The van der Waals surface area contributed by atoms with Crippen LogP contribution in [0.4, 0.5) is 5.82 Å². The van der Waals surface area contributed by atoms with Crippen molar-refractivity contribution < 1.29 is 8.42 Å². The third-order valence-electron chi connectivity index (χ3n) is 2.94. The van der Waals surface area contributed by atoms with E-state index in [9.17, 15) is 8.42 Å². The third-order valence-corrected chi connectivity index (χ3v) is 4.51. The summed E-state index contributed by atoms with van der Waals surface area (Å²) >= 11 is 0. The Bertz CT molecular complexity index is 542. The minimum Gasteiger partial charge on any atom is -0.355 e. The Morgan fingerprint density at radius 3 is 3.00 bits per heavy atom. The first-order valence-electron chi connectivity index (χ1n) is 6.26. The lowest BCUT2D eigenvalue weighted by molar-refractivity contribution is 0.563. The Kier molecular flexibility index (Phi) is 4.21. The summed E-state index contributed by atoms with van der Waals surface area (Å²) in [5.74, 6) is 0.886. The summed E-state index contributed by atoms with van der Waals surface area (Å²) in [5.41, 5.74) is 0.645. The summed E-state index contributed by atoms with van der Waals surface area (Å²) in [7, 11) is -3.27. The van der Waals surface area contributed by atoms with Gasteiger partial charge in [-0.15, -0.1) is 0 Å². The number of hydrogen-bond donors (Lipinski definition) is 1. The van der Waals surface area contributed by atoms with Gasteiger partial charge in [0.05, 0.1) is 5.75 Å². The van der Waals surface area contributed by atoms with Crippen molar-refractivity contribution >= 4 is 15.8 Å². The molecule has 0 aromatic carbocycles. The van der Waals surface area contributed by atoms with Crippen molar-refractivity contribution in [1.29, 1.82) is 0 Å². The maximum Gasteiger partial charge on any atom is 0.215 e. The average molecular weight is 281 g/mol. The molecule has 5 nitrogen and oxygen atoms in total. The highest BCUT2D eigenvalue weighted by Gasteiger charge is 2.26. The van der Waals surface area contributed by atoms with Gasteiger partial charge in [-0.2, -0.15) is 0 Å². The Hall–Kier alpha value is -1.40. The second kappa shape index (κ2) is 5.71.